The van der Waals surface area contributed by atoms with Gasteiger partial charge in [0, 0.05) is 0 Å². The zero-order chi connectivity index (χ0) is 6.74. The van der Waals surface area contributed by atoms with E-state index in [0.717, 1.165) is 0 Å². The Morgan fingerprint density at radius 1 is 1.78 bits per heavy atom. The number of likely N-dealkylation sites (N-methyl/N-ethyl adjacent to an activating group) is 1. The van der Waals surface area contributed by atoms with E-state index in [9.17, 15) is 5.21 Å². The number of hydroxylamine groups is 2. The lowest BCUT2D eigenvalue weighted by atomic mass is 10.6. The van der Waals surface area contributed by atoms with E-state index in [1.165, 1.54) is 11.9 Å². The van der Waals surface area contributed by atoms with E-state index in [4.69, 9.17) is 4.74 Å². The molecule has 0 radical (unpaired) electrons. The average molecular weight is 149 g/mol. The van der Waals surface area contributed by atoms with Gasteiger partial charge in [0.2, 0.25) is 0 Å². The molecule has 0 spiro atoms. The topological polar surface area (TPSA) is 32.3 Å². The van der Waals surface area contributed by atoms with Crippen molar-refractivity contribution < 1.29 is 8.79 Å². The maximum Gasteiger partial charge on any atom is 0.147 e. The molecule has 1 aliphatic rings. The number of hydrogen-bond donors (Lipinski definition) is 0. The van der Waals surface area contributed by atoms with Crippen LogP contribution in [-0.2, 0) is 4.74 Å². The van der Waals surface area contributed by atoms with Crippen LogP contribution in [0.4, 0.5) is 0 Å². The summed E-state index contributed by atoms with van der Waals surface area (Å²) in [5, 5.41) is 11.3. The highest BCUT2D eigenvalue weighted by Gasteiger charge is 2.20. The van der Waals surface area contributed by atoms with Crippen molar-refractivity contribution in [2.75, 3.05) is 25.6 Å². The van der Waals surface area contributed by atoms with Crippen LogP contribution in [0.5, 0.6) is 0 Å². The van der Waals surface area contributed by atoms with Gasteiger partial charge in [-0.25, -0.2) is 0 Å². The van der Waals surface area contributed by atoms with Gasteiger partial charge in [0.05, 0.1) is 13.2 Å². The second-order valence-electron chi connectivity index (χ2n) is 2.01. The zero-order valence-electron chi connectivity index (χ0n) is 5.50. The molecule has 54 valence electrons. The minimum atomic E-state index is -0.139. The molecule has 0 saturated carbocycles. The van der Waals surface area contributed by atoms with Crippen molar-refractivity contribution in [1.82, 2.24) is 0 Å². The van der Waals surface area contributed by atoms with Gasteiger partial charge >= 0.3 is 0 Å². The highest BCUT2D eigenvalue weighted by atomic mass is 32.2. The van der Waals surface area contributed by atoms with Gasteiger partial charge in [-0.15, -0.1) is 0 Å². The summed E-state index contributed by atoms with van der Waals surface area (Å²) in [4.78, 5) is 0. The van der Waals surface area contributed by atoms with E-state index < -0.39 is 0 Å². The Morgan fingerprint density at radius 2 is 2.56 bits per heavy atom. The zero-order valence-corrected chi connectivity index (χ0v) is 6.32. The molecular formula is C5H11NO2S. The Morgan fingerprint density at radius 3 is 2.89 bits per heavy atom. The summed E-state index contributed by atoms with van der Waals surface area (Å²) in [5.74, 6) is 0.553. The summed E-state index contributed by atoms with van der Waals surface area (Å²) in [6.07, 6.45) is 0. The first-order chi connectivity index (χ1) is 4.27. The third-order valence-electron chi connectivity index (χ3n) is 1.43. The molecule has 4 heteroatoms. The molecule has 0 amide bonds. The van der Waals surface area contributed by atoms with Crippen LogP contribution in [0.3, 0.4) is 0 Å². The normalized spacial score (nSPS) is 36.7. The van der Waals surface area contributed by atoms with Crippen LogP contribution >= 0.6 is 11.9 Å². The summed E-state index contributed by atoms with van der Waals surface area (Å²) in [6, 6.07) is 0. The Kier molecular flexibility index (Phi) is 2.35. The van der Waals surface area contributed by atoms with Crippen molar-refractivity contribution in [3.05, 3.63) is 5.21 Å². The summed E-state index contributed by atoms with van der Waals surface area (Å²) in [5.41, 5.74) is 0. The van der Waals surface area contributed by atoms with E-state index in [1.807, 2.05) is 6.92 Å². The fourth-order valence-corrected chi connectivity index (χ4v) is 1.48. The molecule has 1 rings (SSSR count). The summed E-state index contributed by atoms with van der Waals surface area (Å²) in [7, 11) is 0. The molecule has 1 fully saturated rings. The maximum atomic E-state index is 11.3. The van der Waals surface area contributed by atoms with E-state index >= 15 is 0 Å². The number of ether oxygens (including phenoxy) is 1. The minimum absolute atomic E-state index is 0.139. The molecule has 1 saturated heterocycles. The minimum Gasteiger partial charge on any atom is -0.620 e. The van der Waals surface area contributed by atoms with Gasteiger partial charge in [0.15, 0.2) is 0 Å². The Labute approximate surface area is 59.3 Å². The van der Waals surface area contributed by atoms with E-state index in [0.29, 0.717) is 25.6 Å². The lowest BCUT2D eigenvalue weighted by Crippen LogP contribution is -2.41. The van der Waals surface area contributed by atoms with Gasteiger partial charge in [0.25, 0.3) is 0 Å². The lowest BCUT2D eigenvalue weighted by Gasteiger charge is -2.41. The molecule has 1 heterocycles. The smallest absolute Gasteiger partial charge is 0.147 e. The SMILES string of the molecule is CC[N+]1([O-])CCOCS1. The standard InChI is InChI=1S/C5H11NO2S/c1-2-6(7)3-4-8-5-9-6/h2-5H2,1H3. The first kappa shape index (κ1) is 7.34. The highest BCUT2D eigenvalue weighted by Crippen LogP contribution is 2.23. The molecule has 0 bridgehead atoms. The van der Waals surface area contributed by atoms with Crippen molar-refractivity contribution in [1.29, 1.82) is 0 Å². The fraction of sp³-hybridized carbons (Fsp3) is 1.00. The molecule has 0 N–H and O–H groups in total. The van der Waals surface area contributed by atoms with Crippen molar-refractivity contribution in [3.8, 4) is 0 Å². The van der Waals surface area contributed by atoms with Crippen LogP contribution in [0.25, 0.3) is 0 Å². The first-order valence-corrected chi connectivity index (χ1v) is 4.01. The van der Waals surface area contributed by atoms with Gasteiger partial charge in [-0.3, -0.25) is 4.05 Å². The van der Waals surface area contributed by atoms with Gasteiger partial charge in [-0.2, -0.15) is 0 Å². The Hall–Kier alpha value is 0.230. The molecule has 3 nitrogen and oxygen atoms in total. The third kappa shape index (κ3) is 1.82. The molecule has 0 aromatic rings. The predicted octanol–water partition coefficient (Wildman–Crippen LogP) is 0.957. The van der Waals surface area contributed by atoms with Crippen LogP contribution < -0.4 is 0 Å². The third-order valence-corrected chi connectivity index (χ3v) is 2.61. The van der Waals surface area contributed by atoms with Gasteiger partial charge in [-0.05, 0) is 6.92 Å². The number of rotatable bonds is 1. The van der Waals surface area contributed by atoms with Crippen LogP contribution in [0.15, 0.2) is 0 Å². The van der Waals surface area contributed by atoms with E-state index in [2.05, 4.69) is 0 Å². The largest absolute Gasteiger partial charge is 0.620 e. The van der Waals surface area contributed by atoms with Crippen LogP contribution in [-0.4, -0.2) is 29.7 Å². The van der Waals surface area contributed by atoms with Crippen molar-refractivity contribution in [2.45, 2.75) is 6.92 Å². The molecule has 0 aliphatic carbocycles. The Balaban J connectivity index is 2.37. The average Bonchev–Trinajstić information content (AvgIpc) is 1.90. The molecule has 1 atom stereocenters. The second-order valence-corrected chi connectivity index (χ2v) is 3.17. The van der Waals surface area contributed by atoms with Gasteiger partial charge in [0.1, 0.15) is 24.4 Å². The van der Waals surface area contributed by atoms with Crippen molar-refractivity contribution in [2.24, 2.45) is 0 Å². The number of hydrogen-bond acceptors (Lipinski definition) is 3. The van der Waals surface area contributed by atoms with Crippen LogP contribution in [0.1, 0.15) is 6.92 Å². The number of quaternary nitrogens is 1. The highest BCUT2D eigenvalue weighted by molar-refractivity contribution is 7.93. The molecule has 9 heavy (non-hydrogen) atoms. The molecule has 1 aliphatic heterocycles. The molecule has 0 aromatic heterocycles. The maximum absolute atomic E-state index is 11.3. The van der Waals surface area contributed by atoms with Crippen molar-refractivity contribution >= 4 is 11.9 Å². The van der Waals surface area contributed by atoms with Gasteiger partial charge in [-0.1, -0.05) is 0 Å². The molecule has 0 aromatic carbocycles. The number of nitrogens with zero attached hydrogens (tertiary/aromatic N) is 1. The van der Waals surface area contributed by atoms with Crippen LogP contribution in [0, 0.1) is 5.21 Å². The lowest BCUT2D eigenvalue weighted by molar-refractivity contribution is -0.744. The van der Waals surface area contributed by atoms with Crippen LogP contribution in [0.2, 0.25) is 0 Å². The molecule has 1 unspecified atom stereocenters. The molecular weight excluding hydrogens is 138 g/mol. The second kappa shape index (κ2) is 2.88. The summed E-state index contributed by atoms with van der Waals surface area (Å²) >= 11 is 1.33. The summed E-state index contributed by atoms with van der Waals surface area (Å²) in [6.45, 7) is 3.77. The predicted molar refractivity (Wildman–Crippen MR) is 37.4 cm³/mol. The van der Waals surface area contributed by atoms with Crippen molar-refractivity contribution in [3.63, 3.8) is 0 Å². The Bertz CT molecular complexity index is 93.0. The monoisotopic (exact) mass is 149 g/mol. The fourth-order valence-electron chi connectivity index (χ4n) is 0.710. The van der Waals surface area contributed by atoms with E-state index in [1.54, 1.807) is 0 Å². The van der Waals surface area contributed by atoms with E-state index in [-0.39, 0.29) is 4.05 Å². The quantitative estimate of drug-likeness (QED) is 0.316. The first-order valence-electron chi connectivity index (χ1n) is 3.07. The van der Waals surface area contributed by atoms with Gasteiger partial charge < -0.3 is 9.94 Å². The summed E-state index contributed by atoms with van der Waals surface area (Å²) < 4.78 is 4.88.